The molecule has 2 saturated heterocycles. The van der Waals surface area contributed by atoms with E-state index in [-0.39, 0.29) is 17.9 Å². The summed E-state index contributed by atoms with van der Waals surface area (Å²) in [5.41, 5.74) is 0. The molecule has 3 unspecified atom stereocenters. The molecular weight excluding hydrogens is 324 g/mol. The minimum absolute atomic E-state index is 0.125. The maximum Gasteiger partial charge on any atom is 0.245 e. The third-order valence-corrected chi connectivity index (χ3v) is 6.10. The van der Waals surface area contributed by atoms with Gasteiger partial charge in [-0.1, -0.05) is 6.92 Å². The molecule has 1 N–H and O–H groups in total. The van der Waals surface area contributed by atoms with Crippen LogP contribution >= 0.6 is 11.3 Å². The van der Waals surface area contributed by atoms with Crippen LogP contribution in [-0.2, 0) is 4.79 Å². The van der Waals surface area contributed by atoms with Crippen LogP contribution in [0.25, 0.3) is 10.2 Å². The van der Waals surface area contributed by atoms with Crippen LogP contribution in [0.1, 0.15) is 26.2 Å². The normalized spacial score (nSPS) is 27.8. The third kappa shape index (κ3) is 2.65. The van der Waals surface area contributed by atoms with Gasteiger partial charge in [-0.15, -0.1) is 11.3 Å². The van der Waals surface area contributed by atoms with E-state index in [4.69, 9.17) is 0 Å². The SMILES string of the molecule is CC1CCN(C(=O)C2CCCN2c2ncnc3sccc23)CC1O. The van der Waals surface area contributed by atoms with Gasteiger partial charge in [0.2, 0.25) is 5.91 Å². The first-order valence-electron chi connectivity index (χ1n) is 8.57. The summed E-state index contributed by atoms with van der Waals surface area (Å²) < 4.78 is 0. The minimum atomic E-state index is -0.416. The molecule has 1 amide bonds. The van der Waals surface area contributed by atoms with E-state index in [0.717, 1.165) is 48.4 Å². The summed E-state index contributed by atoms with van der Waals surface area (Å²) >= 11 is 1.59. The van der Waals surface area contributed by atoms with Crippen LogP contribution in [0.2, 0.25) is 0 Å². The standard InChI is InChI=1S/C17H22N4O2S/c1-11-4-7-20(9-14(11)22)17(23)13-3-2-6-21(13)15-12-5-8-24-16(12)19-10-18-15/h5,8,10-11,13-14,22H,2-4,6-7,9H2,1H3. The van der Waals surface area contributed by atoms with Crippen molar-refractivity contribution in [2.45, 2.75) is 38.3 Å². The van der Waals surface area contributed by atoms with Gasteiger partial charge in [-0.2, -0.15) is 0 Å². The number of thiophene rings is 1. The van der Waals surface area contributed by atoms with Crippen LogP contribution in [0.4, 0.5) is 5.82 Å². The first-order chi connectivity index (χ1) is 11.6. The second-order valence-electron chi connectivity index (χ2n) is 6.81. The number of rotatable bonds is 2. The number of fused-ring (bicyclic) bond motifs is 1. The van der Waals surface area contributed by atoms with Crippen LogP contribution in [-0.4, -0.2) is 57.7 Å². The Morgan fingerprint density at radius 3 is 3.04 bits per heavy atom. The van der Waals surface area contributed by atoms with E-state index < -0.39 is 6.10 Å². The average molecular weight is 346 g/mol. The van der Waals surface area contributed by atoms with Crippen LogP contribution in [0.3, 0.4) is 0 Å². The fourth-order valence-electron chi connectivity index (χ4n) is 3.74. The highest BCUT2D eigenvalue weighted by atomic mass is 32.1. The van der Waals surface area contributed by atoms with Gasteiger partial charge < -0.3 is 14.9 Å². The largest absolute Gasteiger partial charge is 0.391 e. The molecule has 0 aliphatic carbocycles. The zero-order valence-electron chi connectivity index (χ0n) is 13.8. The molecule has 2 aromatic heterocycles. The third-order valence-electron chi connectivity index (χ3n) is 5.28. The first kappa shape index (κ1) is 15.8. The van der Waals surface area contributed by atoms with Gasteiger partial charge in [-0.3, -0.25) is 4.79 Å². The molecule has 6 nitrogen and oxygen atoms in total. The lowest BCUT2D eigenvalue weighted by Gasteiger charge is -2.37. The van der Waals surface area contributed by atoms with Crippen molar-refractivity contribution in [1.82, 2.24) is 14.9 Å². The summed E-state index contributed by atoms with van der Waals surface area (Å²) in [6, 6.07) is 1.85. The highest BCUT2D eigenvalue weighted by Gasteiger charge is 2.37. The number of nitrogens with zero attached hydrogens (tertiary/aromatic N) is 4. The van der Waals surface area contributed by atoms with Gasteiger partial charge >= 0.3 is 0 Å². The van der Waals surface area contributed by atoms with Crippen LogP contribution < -0.4 is 4.90 Å². The molecular formula is C17H22N4O2S. The predicted octanol–water partition coefficient (Wildman–Crippen LogP) is 1.89. The molecule has 0 spiro atoms. The molecule has 2 fully saturated rings. The Kier molecular flexibility index (Phi) is 4.14. The summed E-state index contributed by atoms with van der Waals surface area (Å²) in [4.78, 5) is 26.7. The quantitative estimate of drug-likeness (QED) is 0.899. The van der Waals surface area contributed by atoms with Crippen LogP contribution in [0.15, 0.2) is 17.8 Å². The molecule has 7 heteroatoms. The number of carbonyl (C=O) groups is 1. The highest BCUT2D eigenvalue weighted by molar-refractivity contribution is 7.16. The Morgan fingerprint density at radius 1 is 1.33 bits per heavy atom. The number of piperidine rings is 1. The first-order valence-corrected chi connectivity index (χ1v) is 9.45. The molecule has 0 aromatic carbocycles. The lowest BCUT2D eigenvalue weighted by atomic mass is 9.95. The smallest absolute Gasteiger partial charge is 0.245 e. The molecule has 2 aliphatic heterocycles. The average Bonchev–Trinajstić information content (AvgIpc) is 3.25. The molecule has 0 bridgehead atoms. The number of likely N-dealkylation sites (tertiary alicyclic amines) is 1. The van der Waals surface area contributed by atoms with Crippen molar-refractivity contribution in [2.24, 2.45) is 5.92 Å². The van der Waals surface area contributed by atoms with Crippen molar-refractivity contribution in [1.29, 1.82) is 0 Å². The summed E-state index contributed by atoms with van der Waals surface area (Å²) in [5.74, 6) is 1.25. The van der Waals surface area contributed by atoms with Crippen LogP contribution in [0, 0.1) is 5.92 Å². The van der Waals surface area contributed by atoms with Crippen molar-refractivity contribution < 1.29 is 9.90 Å². The fraction of sp³-hybridized carbons (Fsp3) is 0.588. The molecule has 3 atom stereocenters. The Morgan fingerprint density at radius 2 is 2.21 bits per heavy atom. The Balaban J connectivity index is 1.59. The van der Waals surface area contributed by atoms with Crippen LogP contribution in [0.5, 0.6) is 0 Å². The minimum Gasteiger partial charge on any atom is -0.391 e. The zero-order chi connectivity index (χ0) is 16.7. The number of hydrogen-bond acceptors (Lipinski definition) is 6. The van der Waals surface area contributed by atoms with Crippen molar-refractivity contribution in [3.63, 3.8) is 0 Å². The van der Waals surface area contributed by atoms with Crippen molar-refractivity contribution >= 4 is 33.3 Å². The number of aliphatic hydroxyl groups excluding tert-OH is 1. The molecule has 0 radical (unpaired) electrons. The summed E-state index contributed by atoms with van der Waals surface area (Å²) in [6.07, 6.45) is 3.86. The van der Waals surface area contributed by atoms with Gasteiger partial charge in [0.25, 0.3) is 0 Å². The number of hydrogen-bond donors (Lipinski definition) is 1. The van der Waals surface area contributed by atoms with Gasteiger partial charge in [-0.25, -0.2) is 9.97 Å². The molecule has 128 valence electrons. The van der Waals surface area contributed by atoms with E-state index in [1.165, 1.54) is 0 Å². The van der Waals surface area contributed by atoms with E-state index >= 15 is 0 Å². The van der Waals surface area contributed by atoms with Crippen molar-refractivity contribution in [2.75, 3.05) is 24.5 Å². The van der Waals surface area contributed by atoms with Crippen molar-refractivity contribution in [3.05, 3.63) is 17.8 Å². The van der Waals surface area contributed by atoms with Crippen molar-refractivity contribution in [3.8, 4) is 0 Å². The number of anilines is 1. The zero-order valence-corrected chi connectivity index (χ0v) is 14.6. The molecule has 24 heavy (non-hydrogen) atoms. The topological polar surface area (TPSA) is 69.6 Å². The second-order valence-corrected chi connectivity index (χ2v) is 7.70. The molecule has 0 saturated carbocycles. The lowest BCUT2D eigenvalue weighted by molar-refractivity contribution is -0.136. The predicted molar refractivity (Wildman–Crippen MR) is 94.2 cm³/mol. The number of aromatic nitrogens is 2. The Bertz CT molecular complexity index is 749. The Hall–Kier alpha value is -1.73. The number of amides is 1. The van der Waals surface area contributed by atoms with Gasteiger partial charge in [0.1, 0.15) is 23.0 Å². The van der Waals surface area contributed by atoms with E-state index in [0.29, 0.717) is 6.54 Å². The summed E-state index contributed by atoms with van der Waals surface area (Å²) in [6.45, 7) is 4.06. The second kappa shape index (κ2) is 6.29. The van der Waals surface area contributed by atoms with E-state index in [1.54, 1.807) is 17.7 Å². The van der Waals surface area contributed by atoms with E-state index in [1.807, 2.05) is 23.3 Å². The molecule has 4 rings (SSSR count). The van der Waals surface area contributed by atoms with Gasteiger partial charge in [0, 0.05) is 19.6 Å². The van der Waals surface area contributed by atoms with E-state index in [9.17, 15) is 9.90 Å². The summed E-state index contributed by atoms with van der Waals surface area (Å²) in [7, 11) is 0. The maximum absolute atomic E-state index is 13.0. The van der Waals surface area contributed by atoms with Gasteiger partial charge in [0.15, 0.2) is 0 Å². The maximum atomic E-state index is 13.0. The lowest BCUT2D eigenvalue weighted by Crippen LogP contribution is -2.52. The number of aliphatic hydroxyl groups is 1. The molecule has 2 aliphatic rings. The number of carbonyl (C=O) groups excluding carboxylic acids is 1. The fourth-order valence-corrected chi connectivity index (χ4v) is 4.47. The highest BCUT2D eigenvalue weighted by Crippen LogP contribution is 2.32. The summed E-state index contributed by atoms with van der Waals surface area (Å²) in [5, 5.41) is 13.1. The monoisotopic (exact) mass is 346 g/mol. The Labute approximate surface area is 145 Å². The number of β-amino-alcohol motifs (C(OH)–C–C–N with tert-alkyl or cyclic N) is 1. The van der Waals surface area contributed by atoms with Gasteiger partial charge in [-0.05, 0) is 36.6 Å². The van der Waals surface area contributed by atoms with E-state index in [2.05, 4.69) is 14.9 Å². The molecule has 4 heterocycles. The van der Waals surface area contributed by atoms with Gasteiger partial charge in [0.05, 0.1) is 11.5 Å². The molecule has 2 aromatic rings.